The molecule has 1 amide bonds. The summed E-state index contributed by atoms with van der Waals surface area (Å²) < 4.78 is 0.686. The van der Waals surface area contributed by atoms with E-state index < -0.39 is 5.78 Å². The molecule has 1 aromatic rings. The van der Waals surface area contributed by atoms with Crippen molar-refractivity contribution >= 4 is 27.6 Å². The van der Waals surface area contributed by atoms with Crippen LogP contribution in [0.15, 0.2) is 22.7 Å². The highest BCUT2D eigenvalue weighted by Crippen LogP contribution is 2.23. The van der Waals surface area contributed by atoms with E-state index in [1.54, 1.807) is 20.2 Å². The molecule has 0 spiro atoms. The van der Waals surface area contributed by atoms with Crippen LogP contribution in [0.2, 0.25) is 0 Å². The second-order valence-electron chi connectivity index (χ2n) is 3.55. The Morgan fingerprint density at radius 1 is 1.38 bits per heavy atom. The SMILES string of the molecule is CN(C)C(=O)CC(=O)c1cc(Br)ccc1O. The zero-order chi connectivity index (χ0) is 12.3. The van der Waals surface area contributed by atoms with Crippen molar-refractivity contribution in [3.05, 3.63) is 28.2 Å². The number of Topliss-reactive ketones (excluding diaryl/α,β-unsaturated/α-hetero) is 1. The molecule has 0 atom stereocenters. The number of nitrogens with zero attached hydrogens (tertiary/aromatic N) is 1. The number of halogens is 1. The fourth-order valence-electron chi connectivity index (χ4n) is 1.12. The van der Waals surface area contributed by atoms with Crippen molar-refractivity contribution in [2.75, 3.05) is 14.1 Å². The average Bonchev–Trinajstić information content (AvgIpc) is 2.21. The molecule has 0 aliphatic rings. The first-order chi connectivity index (χ1) is 7.41. The van der Waals surface area contributed by atoms with Gasteiger partial charge in [0.05, 0.1) is 12.0 Å². The largest absolute Gasteiger partial charge is 0.507 e. The van der Waals surface area contributed by atoms with E-state index in [9.17, 15) is 14.7 Å². The zero-order valence-corrected chi connectivity index (χ0v) is 10.6. The molecule has 0 saturated heterocycles. The first-order valence-electron chi connectivity index (χ1n) is 4.63. The Balaban J connectivity index is 2.88. The minimum Gasteiger partial charge on any atom is -0.507 e. The summed E-state index contributed by atoms with van der Waals surface area (Å²) >= 11 is 3.20. The third-order valence-electron chi connectivity index (χ3n) is 2.07. The number of carbonyl (C=O) groups excluding carboxylic acids is 2. The summed E-state index contributed by atoms with van der Waals surface area (Å²) in [5.74, 6) is -0.790. The maximum atomic E-state index is 11.7. The molecule has 0 bridgehead atoms. The molecule has 0 saturated carbocycles. The van der Waals surface area contributed by atoms with Crippen molar-refractivity contribution in [1.29, 1.82) is 0 Å². The lowest BCUT2D eigenvalue weighted by molar-refractivity contribution is -0.127. The molecule has 0 heterocycles. The third-order valence-corrected chi connectivity index (χ3v) is 2.56. The number of hydrogen-bond acceptors (Lipinski definition) is 3. The van der Waals surface area contributed by atoms with Crippen LogP contribution in [0.25, 0.3) is 0 Å². The van der Waals surface area contributed by atoms with E-state index in [1.807, 2.05) is 0 Å². The maximum Gasteiger partial charge on any atom is 0.229 e. The van der Waals surface area contributed by atoms with E-state index in [1.165, 1.54) is 17.0 Å². The Bertz CT molecular complexity index is 429. The van der Waals surface area contributed by atoms with Gasteiger partial charge in [0.15, 0.2) is 5.78 Å². The second-order valence-corrected chi connectivity index (χ2v) is 4.47. The number of phenols is 1. The fraction of sp³-hybridized carbons (Fsp3) is 0.273. The van der Waals surface area contributed by atoms with Crippen LogP contribution in [-0.2, 0) is 4.79 Å². The number of aromatic hydroxyl groups is 1. The molecule has 0 aromatic heterocycles. The molecule has 86 valence electrons. The number of phenolic OH excluding ortho intramolecular Hbond substituents is 1. The van der Waals surface area contributed by atoms with Gasteiger partial charge < -0.3 is 10.0 Å². The number of benzene rings is 1. The van der Waals surface area contributed by atoms with Crippen molar-refractivity contribution in [2.45, 2.75) is 6.42 Å². The summed E-state index contributed by atoms with van der Waals surface area (Å²) in [6.45, 7) is 0. The van der Waals surface area contributed by atoms with Crippen LogP contribution in [-0.4, -0.2) is 35.8 Å². The van der Waals surface area contributed by atoms with E-state index in [2.05, 4.69) is 15.9 Å². The van der Waals surface area contributed by atoms with Gasteiger partial charge >= 0.3 is 0 Å². The van der Waals surface area contributed by atoms with Gasteiger partial charge in [-0.2, -0.15) is 0 Å². The highest BCUT2D eigenvalue weighted by Gasteiger charge is 2.16. The van der Waals surface area contributed by atoms with Crippen molar-refractivity contribution in [2.24, 2.45) is 0 Å². The van der Waals surface area contributed by atoms with E-state index in [0.717, 1.165) is 0 Å². The Morgan fingerprint density at radius 3 is 2.56 bits per heavy atom. The summed E-state index contributed by atoms with van der Waals surface area (Å²) in [5, 5.41) is 9.49. The lowest BCUT2D eigenvalue weighted by Gasteiger charge is -2.10. The first kappa shape index (κ1) is 12.7. The Hall–Kier alpha value is -1.36. The molecule has 0 unspecified atom stereocenters. The summed E-state index contributed by atoms with van der Waals surface area (Å²) in [6, 6.07) is 4.54. The normalized spacial score (nSPS) is 9.94. The minimum absolute atomic E-state index is 0.111. The van der Waals surface area contributed by atoms with E-state index in [4.69, 9.17) is 0 Å². The molecular weight excluding hydrogens is 274 g/mol. The summed E-state index contributed by atoms with van der Waals surface area (Å²) in [7, 11) is 3.16. The van der Waals surface area contributed by atoms with Gasteiger partial charge in [0.2, 0.25) is 5.91 Å². The highest BCUT2D eigenvalue weighted by molar-refractivity contribution is 9.10. The van der Waals surface area contributed by atoms with Crippen LogP contribution in [0.3, 0.4) is 0 Å². The molecule has 0 aliphatic heterocycles. The van der Waals surface area contributed by atoms with Gasteiger partial charge in [-0.25, -0.2) is 0 Å². The van der Waals surface area contributed by atoms with E-state index >= 15 is 0 Å². The predicted octanol–water partition coefficient (Wildman–Crippen LogP) is 1.82. The van der Waals surface area contributed by atoms with Crippen molar-refractivity contribution < 1.29 is 14.7 Å². The second kappa shape index (κ2) is 5.12. The van der Waals surface area contributed by atoms with Crippen molar-refractivity contribution in [3.8, 4) is 5.75 Å². The molecule has 16 heavy (non-hydrogen) atoms. The molecular formula is C11H12BrNO3. The quantitative estimate of drug-likeness (QED) is 0.681. The molecule has 0 fully saturated rings. The number of hydrogen-bond donors (Lipinski definition) is 1. The van der Waals surface area contributed by atoms with Crippen LogP contribution in [0, 0.1) is 0 Å². The van der Waals surface area contributed by atoms with Gasteiger partial charge in [0.25, 0.3) is 0 Å². The molecule has 1 N–H and O–H groups in total. The number of ketones is 1. The lowest BCUT2D eigenvalue weighted by Crippen LogP contribution is -2.24. The van der Waals surface area contributed by atoms with Crippen molar-refractivity contribution in [3.63, 3.8) is 0 Å². The van der Waals surface area contributed by atoms with E-state index in [0.29, 0.717) is 4.47 Å². The number of rotatable bonds is 3. The Kier molecular flexibility index (Phi) is 4.06. The van der Waals surface area contributed by atoms with E-state index in [-0.39, 0.29) is 23.6 Å². The van der Waals surface area contributed by atoms with Crippen LogP contribution >= 0.6 is 15.9 Å². The Morgan fingerprint density at radius 2 is 2.00 bits per heavy atom. The third kappa shape index (κ3) is 3.06. The molecule has 0 radical (unpaired) electrons. The molecule has 4 nitrogen and oxygen atoms in total. The Labute approximate surface area is 102 Å². The van der Waals surface area contributed by atoms with Crippen LogP contribution < -0.4 is 0 Å². The maximum absolute atomic E-state index is 11.7. The van der Waals surface area contributed by atoms with Gasteiger partial charge in [0.1, 0.15) is 5.75 Å². The lowest BCUT2D eigenvalue weighted by atomic mass is 10.1. The highest BCUT2D eigenvalue weighted by atomic mass is 79.9. The topological polar surface area (TPSA) is 57.6 Å². The van der Waals surface area contributed by atoms with Crippen LogP contribution in [0.5, 0.6) is 5.75 Å². The van der Waals surface area contributed by atoms with Gasteiger partial charge in [-0.05, 0) is 18.2 Å². The average molecular weight is 286 g/mol. The first-order valence-corrected chi connectivity index (χ1v) is 5.43. The van der Waals surface area contributed by atoms with Crippen LogP contribution in [0.1, 0.15) is 16.8 Å². The zero-order valence-electron chi connectivity index (χ0n) is 9.03. The predicted molar refractivity (Wildman–Crippen MR) is 63.4 cm³/mol. The minimum atomic E-state index is -0.391. The monoisotopic (exact) mass is 285 g/mol. The smallest absolute Gasteiger partial charge is 0.229 e. The van der Waals surface area contributed by atoms with Crippen molar-refractivity contribution in [1.82, 2.24) is 4.90 Å². The summed E-state index contributed by atoms with van der Waals surface area (Å²) in [4.78, 5) is 24.4. The molecule has 5 heteroatoms. The fourth-order valence-corrected chi connectivity index (χ4v) is 1.48. The standard InChI is InChI=1S/C11H12BrNO3/c1-13(2)11(16)6-10(15)8-5-7(12)3-4-9(8)14/h3-5,14H,6H2,1-2H3. The molecule has 1 rings (SSSR count). The van der Waals surface area contributed by atoms with Gasteiger partial charge in [-0.15, -0.1) is 0 Å². The number of carbonyl (C=O) groups is 2. The number of amides is 1. The molecule has 0 aliphatic carbocycles. The van der Waals surface area contributed by atoms with Gasteiger partial charge in [-0.3, -0.25) is 9.59 Å². The van der Waals surface area contributed by atoms with Gasteiger partial charge in [0, 0.05) is 18.6 Å². The molecule has 1 aromatic carbocycles. The van der Waals surface area contributed by atoms with Crippen LogP contribution in [0.4, 0.5) is 0 Å². The van der Waals surface area contributed by atoms with Gasteiger partial charge in [-0.1, -0.05) is 15.9 Å². The summed E-state index contributed by atoms with van der Waals surface area (Å²) in [6.07, 6.45) is -0.239. The summed E-state index contributed by atoms with van der Waals surface area (Å²) in [5.41, 5.74) is 0.157.